The van der Waals surface area contributed by atoms with Gasteiger partial charge in [0.1, 0.15) is 5.82 Å². The minimum Gasteiger partial charge on any atom is -0.481 e. The minimum absolute atomic E-state index is 0.0946. The molecule has 6 heteroatoms. The number of carboxylic acid groups (broad SMARTS) is 1. The molecule has 20 heavy (non-hydrogen) atoms. The van der Waals surface area contributed by atoms with Crippen molar-refractivity contribution < 1.29 is 14.3 Å². The van der Waals surface area contributed by atoms with Crippen molar-refractivity contribution in [3.63, 3.8) is 0 Å². The van der Waals surface area contributed by atoms with Crippen molar-refractivity contribution in [2.75, 3.05) is 0 Å². The molecule has 0 unspecified atom stereocenters. The third-order valence-electron chi connectivity index (χ3n) is 3.23. The molecule has 0 amide bonds. The first-order valence-electron chi connectivity index (χ1n) is 6.07. The van der Waals surface area contributed by atoms with Gasteiger partial charge in [-0.2, -0.15) is 5.10 Å². The number of aliphatic carboxylic acids is 1. The number of rotatable bonds is 4. The van der Waals surface area contributed by atoms with E-state index in [1.54, 1.807) is 24.6 Å². The van der Waals surface area contributed by atoms with Crippen molar-refractivity contribution in [3.8, 4) is 0 Å². The van der Waals surface area contributed by atoms with Gasteiger partial charge in [-0.3, -0.25) is 9.48 Å². The molecule has 4 nitrogen and oxygen atoms in total. The molecule has 0 aliphatic heterocycles. The van der Waals surface area contributed by atoms with Crippen molar-refractivity contribution in [2.24, 2.45) is 0 Å². The van der Waals surface area contributed by atoms with Crippen LogP contribution in [0.1, 0.15) is 22.5 Å². The van der Waals surface area contributed by atoms with Crippen LogP contribution in [0.25, 0.3) is 0 Å². The van der Waals surface area contributed by atoms with Crippen LogP contribution in [0.3, 0.4) is 0 Å². The van der Waals surface area contributed by atoms with Gasteiger partial charge < -0.3 is 5.11 Å². The van der Waals surface area contributed by atoms with Crippen LogP contribution in [0.4, 0.5) is 4.39 Å². The number of hydrogen-bond donors (Lipinski definition) is 1. The van der Waals surface area contributed by atoms with Gasteiger partial charge in [-0.15, -0.1) is 0 Å². The summed E-state index contributed by atoms with van der Waals surface area (Å²) in [6.45, 7) is 3.69. The summed E-state index contributed by atoms with van der Waals surface area (Å²) in [6, 6.07) is 4.49. The molecular formula is C14H14ClFN2O2. The topological polar surface area (TPSA) is 55.1 Å². The Kier molecular flexibility index (Phi) is 4.09. The molecule has 0 spiro atoms. The maximum atomic E-state index is 13.8. The zero-order valence-corrected chi connectivity index (χ0v) is 11.9. The molecule has 1 heterocycles. The van der Waals surface area contributed by atoms with Crippen LogP contribution in [0.5, 0.6) is 0 Å². The summed E-state index contributed by atoms with van der Waals surface area (Å²) in [5.74, 6) is -1.32. The van der Waals surface area contributed by atoms with E-state index in [9.17, 15) is 9.18 Å². The monoisotopic (exact) mass is 296 g/mol. The Bertz CT molecular complexity index is 647. The van der Waals surface area contributed by atoms with Crippen molar-refractivity contribution >= 4 is 17.6 Å². The highest BCUT2D eigenvalue weighted by atomic mass is 35.5. The Morgan fingerprint density at radius 3 is 2.70 bits per heavy atom. The first-order chi connectivity index (χ1) is 9.40. The third kappa shape index (κ3) is 2.82. The van der Waals surface area contributed by atoms with Gasteiger partial charge in [-0.1, -0.05) is 17.7 Å². The highest BCUT2D eigenvalue weighted by Gasteiger charge is 2.16. The number of halogens is 2. The van der Waals surface area contributed by atoms with Gasteiger partial charge >= 0.3 is 5.97 Å². The zero-order chi connectivity index (χ0) is 14.9. The smallest absolute Gasteiger partial charge is 0.307 e. The molecule has 1 aromatic carbocycles. The van der Waals surface area contributed by atoms with Crippen molar-refractivity contribution in [1.29, 1.82) is 0 Å². The van der Waals surface area contributed by atoms with E-state index in [-0.39, 0.29) is 13.0 Å². The van der Waals surface area contributed by atoms with Gasteiger partial charge in [0, 0.05) is 21.8 Å². The number of hydrogen-bond acceptors (Lipinski definition) is 2. The molecule has 2 aromatic rings. The van der Waals surface area contributed by atoms with Crippen LogP contribution in [0, 0.1) is 19.7 Å². The molecule has 2 rings (SSSR count). The summed E-state index contributed by atoms with van der Waals surface area (Å²) >= 11 is 5.99. The number of carboxylic acids is 1. The molecule has 0 atom stereocenters. The molecular weight excluding hydrogens is 283 g/mol. The van der Waals surface area contributed by atoms with Gasteiger partial charge in [0.2, 0.25) is 0 Å². The largest absolute Gasteiger partial charge is 0.481 e. The Labute approximate surface area is 120 Å². The van der Waals surface area contributed by atoms with Crippen LogP contribution in [0.2, 0.25) is 5.02 Å². The second-order valence-electron chi connectivity index (χ2n) is 4.58. The zero-order valence-electron chi connectivity index (χ0n) is 11.2. The highest BCUT2D eigenvalue weighted by molar-refractivity contribution is 6.31. The predicted molar refractivity (Wildman–Crippen MR) is 73.6 cm³/mol. The summed E-state index contributed by atoms with van der Waals surface area (Å²) in [7, 11) is 0. The van der Waals surface area contributed by atoms with Gasteiger partial charge in [-0.05, 0) is 26.0 Å². The van der Waals surface area contributed by atoms with Gasteiger partial charge in [0.05, 0.1) is 18.7 Å². The molecule has 106 valence electrons. The minimum atomic E-state index is -0.917. The number of aryl methyl sites for hydroxylation is 1. The average molecular weight is 297 g/mol. The first kappa shape index (κ1) is 14.5. The van der Waals surface area contributed by atoms with Crippen LogP contribution in [-0.2, 0) is 17.8 Å². The molecule has 0 aliphatic rings. The van der Waals surface area contributed by atoms with Crippen LogP contribution >= 0.6 is 11.6 Å². The average Bonchev–Trinajstić information content (AvgIpc) is 2.61. The number of aromatic nitrogens is 2. The first-order valence-corrected chi connectivity index (χ1v) is 6.45. The molecule has 1 N–H and O–H groups in total. The summed E-state index contributed by atoms with van der Waals surface area (Å²) in [4.78, 5) is 10.8. The van der Waals surface area contributed by atoms with E-state index < -0.39 is 11.8 Å². The molecule has 0 fully saturated rings. The highest BCUT2D eigenvalue weighted by Crippen LogP contribution is 2.22. The Hall–Kier alpha value is -1.88. The molecule has 1 aromatic heterocycles. The second kappa shape index (κ2) is 5.63. The lowest BCUT2D eigenvalue weighted by Gasteiger charge is -2.08. The maximum Gasteiger partial charge on any atom is 0.307 e. The number of benzene rings is 1. The lowest BCUT2D eigenvalue weighted by Crippen LogP contribution is -2.07. The molecule has 0 bridgehead atoms. The van der Waals surface area contributed by atoms with E-state index in [0.717, 1.165) is 0 Å². The Balaban J connectivity index is 2.38. The van der Waals surface area contributed by atoms with Gasteiger partial charge in [-0.25, -0.2) is 4.39 Å². The van der Waals surface area contributed by atoms with Gasteiger partial charge in [0.15, 0.2) is 0 Å². The molecule has 0 saturated carbocycles. The normalized spacial score (nSPS) is 10.8. The maximum absolute atomic E-state index is 13.8. The molecule has 0 saturated heterocycles. The van der Waals surface area contributed by atoms with Crippen LogP contribution < -0.4 is 0 Å². The molecule has 0 radical (unpaired) electrons. The van der Waals surface area contributed by atoms with Gasteiger partial charge in [0.25, 0.3) is 0 Å². The van der Waals surface area contributed by atoms with E-state index >= 15 is 0 Å². The summed E-state index contributed by atoms with van der Waals surface area (Å²) in [5.41, 5.74) is 2.35. The van der Waals surface area contributed by atoms with E-state index in [0.29, 0.717) is 27.5 Å². The van der Waals surface area contributed by atoms with Crippen molar-refractivity contribution in [2.45, 2.75) is 26.8 Å². The summed E-state index contributed by atoms with van der Waals surface area (Å²) in [6.07, 6.45) is -0.0946. The SMILES string of the molecule is Cc1nn(Cc2c(F)cccc2Cl)c(C)c1CC(=O)O. The van der Waals surface area contributed by atoms with Crippen molar-refractivity contribution in [1.82, 2.24) is 9.78 Å². The quantitative estimate of drug-likeness (QED) is 0.943. The summed E-state index contributed by atoms with van der Waals surface area (Å²) in [5, 5.41) is 13.5. The Morgan fingerprint density at radius 1 is 1.40 bits per heavy atom. The predicted octanol–water partition coefficient (Wildman–Crippen LogP) is 2.97. The lowest BCUT2D eigenvalue weighted by atomic mass is 10.1. The van der Waals surface area contributed by atoms with Crippen LogP contribution in [0.15, 0.2) is 18.2 Å². The van der Waals surface area contributed by atoms with E-state index in [2.05, 4.69) is 5.10 Å². The fraction of sp³-hybridized carbons (Fsp3) is 0.286. The number of nitrogens with zero attached hydrogens (tertiary/aromatic N) is 2. The van der Waals surface area contributed by atoms with Crippen LogP contribution in [-0.4, -0.2) is 20.9 Å². The standard InChI is InChI=1S/C14H14ClFN2O2/c1-8-10(6-14(19)20)9(2)18(17-8)7-11-12(15)4-3-5-13(11)16/h3-5H,6-7H2,1-2H3,(H,19,20). The summed E-state index contributed by atoms with van der Waals surface area (Å²) < 4.78 is 15.3. The lowest BCUT2D eigenvalue weighted by molar-refractivity contribution is -0.136. The van der Waals surface area contributed by atoms with E-state index in [1.165, 1.54) is 12.1 Å². The van der Waals surface area contributed by atoms with E-state index in [1.807, 2.05) is 0 Å². The Morgan fingerprint density at radius 2 is 2.10 bits per heavy atom. The third-order valence-corrected chi connectivity index (χ3v) is 3.58. The fourth-order valence-electron chi connectivity index (χ4n) is 2.13. The number of carbonyl (C=O) groups is 1. The fourth-order valence-corrected chi connectivity index (χ4v) is 2.35. The van der Waals surface area contributed by atoms with Crippen molar-refractivity contribution in [3.05, 3.63) is 51.6 Å². The second-order valence-corrected chi connectivity index (χ2v) is 4.98. The van der Waals surface area contributed by atoms with E-state index in [4.69, 9.17) is 16.7 Å². The molecule has 0 aliphatic carbocycles.